The number of benzene rings is 2. The highest BCUT2D eigenvalue weighted by Gasteiger charge is 2.47. The van der Waals surface area contributed by atoms with Crippen molar-refractivity contribution in [2.75, 3.05) is 19.7 Å². The summed E-state index contributed by atoms with van der Waals surface area (Å²) in [5.41, 5.74) is 0.431. The first-order chi connectivity index (χ1) is 15.7. The van der Waals surface area contributed by atoms with E-state index >= 15 is 0 Å². The Balaban J connectivity index is 1.43. The first-order valence-electron chi connectivity index (χ1n) is 12.4. The minimum absolute atomic E-state index is 0.0788. The molecule has 2 aromatic carbocycles. The highest BCUT2D eigenvalue weighted by molar-refractivity contribution is 5.81. The molecule has 4 heteroatoms. The molecular weight excluding hydrogens is 398 g/mol. The van der Waals surface area contributed by atoms with E-state index in [-0.39, 0.29) is 5.92 Å². The van der Waals surface area contributed by atoms with Gasteiger partial charge in [-0.25, -0.2) is 4.79 Å². The highest BCUT2D eigenvalue weighted by atomic mass is 16.5. The Hall–Kier alpha value is -2.17. The van der Waals surface area contributed by atoms with Gasteiger partial charge >= 0.3 is 5.97 Å². The van der Waals surface area contributed by atoms with E-state index in [2.05, 4.69) is 29.2 Å². The summed E-state index contributed by atoms with van der Waals surface area (Å²) in [6.07, 6.45) is 9.24. The molecular formula is C28H37NO3. The predicted molar refractivity (Wildman–Crippen MR) is 127 cm³/mol. The Bertz CT molecular complexity index is 828. The highest BCUT2D eigenvalue weighted by Crippen LogP contribution is 2.40. The van der Waals surface area contributed by atoms with Gasteiger partial charge in [0.05, 0.1) is 6.61 Å². The van der Waals surface area contributed by atoms with E-state index in [0.29, 0.717) is 18.2 Å². The van der Waals surface area contributed by atoms with E-state index in [1.54, 1.807) is 0 Å². The molecule has 1 aliphatic carbocycles. The van der Waals surface area contributed by atoms with Gasteiger partial charge < -0.3 is 9.84 Å². The van der Waals surface area contributed by atoms with Crippen molar-refractivity contribution in [2.24, 2.45) is 5.92 Å². The number of carbonyl (C=O) groups is 1. The van der Waals surface area contributed by atoms with E-state index in [1.165, 1.54) is 24.8 Å². The van der Waals surface area contributed by atoms with E-state index in [9.17, 15) is 9.90 Å². The number of ether oxygens (including phenoxy) is 1. The number of hydrogen-bond donors (Lipinski definition) is 1. The zero-order chi connectivity index (χ0) is 22.2. The molecule has 2 aliphatic rings. The van der Waals surface area contributed by atoms with Crippen LogP contribution in [0.1, 0.15) is 62.5 Å². The molecule has 0 spiro atoms. The van der Waals surface area contributed by atoms with Crippen LogP contribution in [0, 0.1) is 5.92 Å². The zero-order valence-electron chi connectivity index (χ0n) is 19.1. The van der Waals surface area contributed by atoms with Crippen LogP contribution in [0.15, 0.2) is 60.7 Å². The summed E-state index contributed by atoms with van der Waals surface area (Å²) in [6, 6.07) is 20.3. The average Bonchev–Trinajstić information content (AvgIpc) is 3.39. The van der Waals surface area contributed by atoms with Crippen LogP contribution in [0.4, 0.5) is 0 Å². The van der Waals surface area contributed by atoms with Gasteiger partial charge in [-0.15, -0.1) is 0 Å². The molecule has 1 unspecified atom stereocenters. The maximum Gasteiger partial charge on any atom is 0.343 e. The Labute approximate surface area is 192 Å². The molecule has 1 saturated carbocycles. The third-order valence-electron chi connectivity index (χ3n) is 7.38. The number of rotatable bonds is 9. The third-order valence-corrected chi connectivity index (χ3v) is 7.38. The second kappa shape index (κ2) is 11.1. The van der Waals surface area contributed by atoms with Crippen molar-refractivity contribution < 1.29 is 14.6 Å². The van der Waals surface area contributed by atoms with Crippen molar-refractivity contribution in [3.8, 4) is 0 Å². The standard InChI is InChI=1S/C28H37NO3/c30-27(28(31,24-14-6-2-7-15-24)25-16-8-3-9-17-25)32-21-18-26(29-19-10-11-20-29)22-23-12-4-1-5-13-23/h1-2,4-7,12-15,25-26,31H,3,8-11,16-22H2/t26-,28?/m0/s1. The number of nitrogens with zero attached hydrogens (tertiary/aromatic N) is 1. The molecule has 0 amide bonds. The second-order valence-corrected chi connectivity index (χ2v) is 9.48. The van der Waals surface area contributed by atoms with Crippen LogP contribution in [0.25, 0.3) is 0 Å². The Morgan fingerprint density at radius 2 is 1.56 bits per heavy atom. The van der Waals surface area contributed by atoms with Gasteiger partial charge in [0.25, 0.3) is 0 Å². The normalized spacial score (nSPS) is 20.5. The van der Waals surface area contributed by atoms with Gasteiger partial charge in [0.2, 0.25) is 0 Å². The largest absolute Gasteiger partial charge is 0.463 e. The number of likely N-dealkylation sites (tertiary alicyclic amines) is 1. The molecule has 2 aromatic rings. The molecule has 0 bridgehead atoms. The monoisotopic (exact) mass is 435 g/mol. The van der Waals surface area contributed by atoms with Gasteiger partial charge in [-0.3, -0.25) is 4.90 Å². The van der Waals surface area contributed by atoms with Crippen LogP contribution in [0.5, 0.6) is 0 Å². The van der Waals surface area contributed by atoms with Gasteiger partial charge in [-0.2, -0.15) is 0 Å². The van der Waals surface area contributed by atoms with Gasteiger partial charge in [-0.05, 0) is 62.7 Å². The van der Waals surface area contributed by atoms with Crippen LogP contribution in [-0.2, 0) is 21.6 Å². The molecule has 1 N–H and O–H groups in total. The Morgan fingerprint density at radius 1 is 0.938 bits per heavy atom. The first kappa shape index (κ1) is 23.0. The third kappa shape index (κ3) is 5.41. The van der Waals surface area contributed by atoms with E-state index in [4.69, 9.17) is 4.74 Å². The number of esters is 1. The Morgan fingerprint density at radius 3 is 2.22 bits per heavy atom. The predicted octanol–water partition coefficient (Wildman–Crippen LogP) is 5.09. The van der Waals surface area contributed by atoms with Gasteiger partial charge in [-0.1, -0.05) is 79.9 Å². The molecule has 1 aliphatic heterocycles. The van der Waals surface area contributed by atoms with Crippen LogP contribution in [0.2, 0.25) is 0 Å². The minimum atomic E-state index is -1.55. The van der Waals surface area contributed by atoms with E-state index in [1.807, 2.05) is 36.4 Å². The summed E-state index contributed by atoms with van der Waals surface area (Å²) in [7, 11) is 0. The summed E-state index contributed by atoms with van der Waals surface area (Å²) in [4.78, 5) is 15.9. The number of carbonyl (C=O) groups excluding carboxylic acids is 1. The lowest BCUT2D eigenvalue weighted by molar-refractivity contribution is -0.176. The van der Waals surface area contributed by atoms with E-state index < -0.39 is 11.6 Å². The molecule has 32 heavy (non-hydrogen) atoms. The lowest BCUT2D eigenvalue weighted by Crippen LogP contribution is -2.45. The summed E-state index contributed by atoms with van der Waals surface area (Å²) < 4.78 is 5.83. The first-order valence-corrected chi connectivity index (χ1v) is 12.4. The Kier molecular flexibility index (Phi) is 7.99. The molecule has 172 valence electrons. The second-order valence-electron chi connectivity index (χ2n) is 9.48. The minimum Gasteiger partial charge on any atom is -0.463 e. The molecule has 4 rings (SSSR count). The van der Waals surface area contributed by atoms with Crippen LogP contribution in [-0.4, -0.2) is 41.7 Å². The van der Waals surface area contributed by atoms with Crippen molar-refractivity contribution >= 4 is 5.97 Å². The van der Waals surface area contributed by atoms with Crippen molar-refractivity contribution in [2.45, 2.75) is 69.4 Å². The van der Waals surface area contributed by atoms with Crippen molar-refractivity contribution in [1.29, 1.82) is 0 Å². The fourth-order valence-electron chi connectivity index (χ4n) is 5.54. The fourth-order valence-corrected chi connectivity index (χ4v) is 5.54. The van der Waals surface area contributed by atoms with Crippen LogP contribution < -0.4 is 0 Å². The lowest BCUT2D eigenvalue weighted by Gasteiger charge is -2.37. The van der Waals surface area contributed by atoms with Crippen LogP contribution in [0.3, 0.4) is 0 Å². The zero-order valence-corrected chi connectivity index (χ0v) is 19.1. The molecule has 0 radical (unpaired) electrons. The number of aliphatic hydroxyl groups is 1. The van der Waals surface area contributed by atoms with E-state index in [0.717, 1.165) is 51.6 Å². The maximum atomic E-state index is 13.3. The topological polar surface area (TPSA) is 49.8 Å². The lowest BCUT2D eigenvalue weighted by atomic mass is 9.73. The van der Waals surface area contributed by atoms with Crippen molar-refractivity contribution in [3.63, 3.8) is 0 Å². The number of hydrogen-bond acceptors (Lipinski definition) is 4. The quantitative estimate of drug-likeness (QED) is 0.557. The SMILES string of the molecule is O=C(OCC[C@@H](Cc1ccccc1)N1CCCC1)C(O)(c1ccccc1)C1CCCCC1. The molecule has 2 atom stereocenters. The molecule has 2 fully saturated rings. The maximum absolute atomic E-state index is 13.3. The molecule has 4 nitrogen and oxygen atoms in total. The molecule has 1 saturated heterocycles. The summed E-state index contributed by atoms with van der Waals surface area (Å²) in [6.45, 7) is 2.57. The van der Waals surface area contributed by atoms with Crippen molar-refractivity contribution in [3.05, 3.63) is 71.8 Å². The summed E-state index contributed by atoms with van der Waals surface area (Å²) in [5, 5.41) is 11.7. The summed E-state index contributed by atoms with van der Waals surface area (Å²) >= 11 is 0. The van der Waals surface area contributed by atoms with Gasteiger partial charge in [0.1, 0.15) is 0 Å². The van der Waals surface area contributed by atoms with Gasteiger partial charge in [0.15, 0.2) is 5.60 Å². The smallest absolute Gasteiger partial charge is 0.343 e. The molecule has 0 aromatic heterocycles. The molecule has 1 heterocycles. The summed E-state index contributed by atoms with van der Waals surface area (Å²) in [5.74, 6) is -0.555. The van der Waals surface area contributed by atoms with Gasteiger partial charge in [0, 0.05) is 12.0 Å². The van der Waals surface area contributed by atoms with Crippen molar-refractivity contribution in [1.82, 2.24) is 4.90 Å². The van der Waals surface area contributed by atoms with Crippen LogP contribution >= 0.6 is 0 Å². The fraction of sp³-hybridized carbons (Fsp3) is 0.536. The average molecular weight is 436 g/mol.